The molecule has 1 fully saturated rings. The van der Waals surface area contributed by atoms with Crippen molar-refractivity contribution in [3.8, 4) is 5.75 Å². The molecule has 2 heterocycles. The summed E-state index contributed by atoms with van der Waals surface area (Å²) >= 11 is 5.92. The molecule has 1 aliphatic rings. The van der Waals surface area contributed by atoms with Gasteiger partial charge in [0, 0.05) is 38.6 Å². The number of benzene rings is 1. The summed E-state index contributed by atoms with van der Waals surface area (Å²) in [6, 6.07) is 7.95. The molecule has 0 N–H and O–H groups in total. The predicted octanol–water partition coefficient (Wildman–Crippen LogP) is 1.89. The smallest absolute Gasteiger partial charge is 0.242 e. The highest BCUT2D eigenvalue weighted by Gasteiger charge is 2.23. The highest BCUT2D eigenvalue weighted by atomic mass is 35.5. The number of imidazole rings is 1. The van der Waals surface area contributed by atoms with Crippen molar-refractivity contribution in [2.45, 2.75) is 6.54 Å². The zero-order valence-electron chi connectivity index (χ0n) is 13.0. The average molecular weight is 335 g/mol. The van der Waals surface area contributed by atoms with E-state index >= 15 is 0 Å². The molecule has 0 radical (unpaired) electrons. The number of ether oxygens (including phenoxy) is 1. The molecule has 0 unspecified atom stereocenters. The average Bonchev–Trinajstić information content (AvgIpc) is 3.00. The fourth-order valence-corrected chi connectivity index (χ4v) is 2.93. The molecule has 3 rings (SSSR count). The lowest BCUT2D eigenvalue weighted by molar-refractivity contribution is -0.132. The number of methoxy groups -OCH3 is 1. The Hall–Kier alpha value is -2.21. The Labute approximate surface area is 140 Å². The van der Waals surface area contributed by atoms with E-state index in [-0.39, 0.29) is 12.5 Å². The number of aromatic nitrogens is 2. The summed E-state index contributed by atoms with van der Waals surface area (Å²) in [5.74, 6) is 0.919. The van der Waals surface area contributed by atoms with Gasteiger partial charge in [-0.05, 0) is 23.7 Å². The Morgan fingerprint density at radius 3 is 2.65 bits per heavy atom. The molecule has 0 bridgehead atoms. The van der Waals surface area contributed by atoms with Crippen LogP contribution in [0.15, 0.2) is 36.7 Å². The van der Waals surface area contributed by atoms with Gasteiger partial charge in [0.05, 0.1) is 12.8 Å². The van der Waals surface area contributed by atoms with Crippen LogP contribution in [0.2, 0.25) is 5.28 Å². The van der Waals surface area contributed by atoms with Crippen LogP contribution in [0.25, 0.3) is 0 Å². The number of hydrogen-bond acceptors (Lipinski definition) is 4. The number of halogens is 1. The van der Waals surface area contributed by atoms with Gasteiger partial charge in [-0.15, -0.1) is 0 Å². The number of rotatable bonds is 4. The van der Waals surface area contributed by atoms with E-state index in [0.29, 0.717) is 18.4 Å². The molecule has 0 atom stereocenters. The molecule has 6 nitrogen and oxygen atoms in total. The zero-order valence-corrected chi connectivity index (χ0v) is 13.7. The minimum absolute atomic E-state index is 0.0598. The van der Waals surface area contributed by atoms with Crippen molar-refractivity contribution >= 4 is 23.2 Å². The number of piperazine rings is 1. The molecule has 7 heteroatoms. The van der Waals surface area contributed by atoms with Crippen LogP contribution in [0, 0.1) is 0 Å². The standard InChI is InChI=1S/C16H19ClN4O2/c1-23-14-5-3-2-4-13(14)19-8-10-20(11-9-19)15(22)12-21-7-6-18-16(21)17/h2-7H,8-12H2,1H3. The summed E-state index contributed by atoms with van der Waals surface area (Å²) in [5.41, 5.74) is 1.07. The first-order valence-corrected chi connectivity index (χ1v) is 7.89. The second kappa shape index (κ2) is 6.91. The van der Waals surface area contributed by atoms with E-state index in [0.717, 1.165) is 24.5 Å². The Balaban J connectivity index is 1.60. The monoisotopic (exact) mass is 334 g/mol. The van der Waals surface area contributed by atoms with Crippen LogP contribution in [0.5, 0.6) is 5.75 Å². The van der Waals surface area contributed by atoms with Gasteiger partial charge in [-0.2, -0.15) is 0 Å². The quantitative estimate of drug-likeness (QED) is 0.857. The summed E-state index contributed by atoms with van der Waals surface area (Å²) in [7, 11) is 1.67. The molecule has 0 aliphatic carbocycles. The summed E-state index contributed by atoms with van der Waals surface area (Å²) in [6.07, 6.45) is 3.31. The SMILES string of the molecule is COc1ccccc1N1CCN(C(=O)Cn2ccnc2Cl)CC1. The van der Waals surface area contributed by atoms with Gasteiger partial charge in [0.25, 0.3) is 0 Å². The molecule has 1 amide bonds. The van der Waals surface area contributed by atoms with Gasteiger partial charge >= 0.3 is 0 Å². The van der Waals surface area contributed by atoms with Crippen molar-refractivity contribution in [3.63, 3.8) is 0 Å². The van der Waals surface area contributed by atoms with Gasteiger partial charge in [0.15, 0.2) is 0 Å². The van der Waals surface area contributed by atoms with E-state index in [2.05, 4.69) is 9.88 Å². The van der Waals surface area contributed by atoms with E-state index < -0.39 is 0 Å². The van der Waals surface area contributed by atoms with E-state index in [1.165, 1.54) is 0 Å². The highest BCUT2D eigenvalue weighted by Crippen LogP contribution is 2.28. The van der Waals surface area contributed by atoms with E-state index in [4.69, 9.17) is 16.3 Å². The van der Waals surface area contributed by atoms with Crippen LogP contribution in [-0.2, 0) is 11.3 Å². The van der Waals surface area contributed by atoms with Crippen molar-refractivity contribution in [1.82, 2.24) is 14.5 Å². The fourth-order valence-electron chi connectivity index (χ4n) is 2.76. The summed E-state index contributed by atoms with van der Waals surface area (Å²) in [5, 5.41) is 0.339. The second-order valence-corrected chi connectivity index (χ2v) is 5.70. The topological polar surface area (TPSA) is 50.6 Å². The normalized spacial score (nSPS) is 14.9. The van der Waals surface area contributed by atoms with Gasteiger partial charge in [0.1, 0.15) is 12.3 Å². The molecule has 23 heavy (non-hydrogen) atoms. The van der Waals surface area contributed by atoms with Gasteiger partial charge in [-0.3, -0.25) is 4.79 Å². The Bertz CT molecular complexity index is 680. The summed E-state index contributed by atoms with van der Waals surface area (Å²) < 4.78 is 7.06. The third-order valence-electron chi connectivity index (χ3n) is 4.03. The Kier molecular flexibility index (Phi) is 4.71. The van der Waals surface area contributed by atoms with Gasteiger partial charge in [0.2, 0.25) is 11.2 Å². The molecule has 1 saturated heterocycles. The number of anilines is 1. The number of para-hydroxylation sites is 2. The third-order valence-corrected chi connectivity index (χ3v) is 4.34. The van der Waals surface area contributed by atoms with Crippen LogP contribution in [0.3, 0.4) is 0 Å². The largest absolute Gasteiger partial charge is 0.495 e. The minimum atomic E-state index is 0.0598. The summed E-state index contributed by atoms with van der Waals surface area (Å²) in [4.78, 5) is 20.4. The number of carbonyl (C=O) groups is 1. The fraction of sp³-hybridized carbons (Fsp3) is 0.375. The first-order valence-electron chi connectivity index (χ1n) is 7.51. The molecule has 1 aromatic carbocycles. The van der Waals surface area contributed by atoms with E-state index in [9.17, 15) is 4.79 Å². The Morgan fingerprint density at radius 2 is 2.00 bits per heavy atom. The minimum Gasteiger partial charge on any atom is -0.495 e. The molecule has 1 aromatic heterocycles. The molecule has 1 aliphatic heterocycles. The van der Waals surface area contributed by atoms with Crippen LogP contribution in [-0.4, -0.2) is 53.6 Å². The van der Waals surface area contributed by atoms with Crippen molar-refractivity contribution in [2.24, 2.45) is 0 Å². The Morgan fingerprint density at radius 1 is 1.26 bits per heavy atom. The molecule has 2 aromatic rings. The lowest BCUT2D eigenvalue weighted by atomic mass is 10.2. The maximum absolute atomic E-state index is 12.4. The number of hydrogen-bond donors (Lipinski definition) is 0. The maximum atomic E-state index is 12.4. The van der Waals surface area contributed by atoms with Crippen LogP contribution >= 0.6 is 11.6 Å². The molecular weight excluding hydrogens is 316 g/mol. The first-order chi connectivity index (χ1) is 11.2. The van der Waals surface area contributed by atoms with Crippen molar-refractivity contribution in [1.29, 1.82) is 0 Å². The second-order valence-electron chi connectivity index (χ2n) is 5.36. The number of carbonyl (C=O) groups excluding carboxylic acids is 1. The molecule has 0 saturated carbocycles. The molecular formula is C16H19ClN4O2. The van der Waals surface area contributed by atoms with Gasteiger partial charge < -0.3 is 19.1 Å². The zero-order chi connectivity index (χ0) is 16.2. The number of nitrogens with zero attached hydrogens (tertiary/aromatic N) is 4. The van der Waals surface area contributed by atoms with Crippen LogP contribution in [0.4, 0.5) is 5.69 Å². The van der Waals surface area contributed by atoms with Crippen molar-refractivity contribution in [3.05, 3.63) is 41.9 Å². The van der Waals surface area contributed by atoms with E-state index in [1.54, 1.807) is 24.1 Å². The molecule has 122 valence electrons. The van der Waals surface area contributed by atoms with E-state index in [1.807, 2.05) is 29.2 Å². The molecule has 0 spiro atoms. The van der Waals surface area contributed by atoms with Crippen molar-refractivity contribution in [2.75, 3.05) is 38.2 Å². The lowest BCUT2D eigenvalue weighted by Gasteiger charge is -2.36. The predicted molar refractivity (Wildman–Crippen MR) is 89.0 cm³/mol. The summed E-state index contributed by atoms with van der Waals surface area (Å²) in [6.45, 7) is 3.16. The first kappa shape index (κ1) is 15.7. The van der Waals surface area contributed by atoms with Gasteiger partial charge in [-0.1, -0.05) is 12.1 Å². The number of amides is 1. The third kappa shape index (κ3) is 3.42. The highest BCUT2D eigenvalue weighted by molar-refractivity contribution is 6.28. The van der Waals surface area contributed by atoms with Gasteiger partial charge in [-0.25, -0.2) is 4.98 Å². The van der Waals surface area contributed by atoms with Crippen LogP contribution < -0.4 is 9.64 Å². The van der Waals surface area contributed by atoms with Crippen LogP contribution in [0.1, 0.15) is 0 Å². The lowest BCUT2D eigenvalue weighted by Crippen LogP contribution is -2.49. The van der Waals surface area contributed by atoms with Crippen molar-refractivity contribution < 1.29 is 9.53 Å². The maximum Gasteiger partial charge on any atom is 0.242 e.